The summed E-state index contributed by atoms with van der Waals surface area (Å²) in [5.74, 6) is -0.561. The highest BCUT2D eigenvalue weighted by atomic mass is 35.5. The van der Waals surface area contributed by atoms with Gasteiger partial charge in [0.15, 0.2) is 0 Å². The molecular weight excluding hydrogens is 354 g/mol. The zero-order chi connectivity index (χ0) is 16.8. The van der Waals surface area contributed by atoms with E-state index < -0.39 is 5.82 Å². The molecule has 1 aliphatic rings. The first-order valence-electron chi connectivity index (χ1n) is 8.10. The van der Waals surface area contributed by atoms with Gasteiger partial charge in [-0.25, -0.2) is 4.39 Å². The van der Waals surface area contributed by atoms with Gasteiger partial charge in [-0.2, -0.15) is 0 Å². The van der Waals surface area contributed by atoms with Gasteiger partial charge in [0.25, 0.3) is 0 Å². The third-order valence-corrected chi connectivity index (χ3v) is 4.49. The normalized spacial score (nSPS) is 23.4. The summed E-state index contributed by atoms with van der Waals surface area (Å²) in [5.41, 5.74) is 6.85. The Kier molecular flexibility index (Phi) is 8.98. The van der Waals surface area contributed by atoms with Crippen molar-refractivity contribution >= 4 is 29.9 Å². The monoisotopic (exact) mass is 378 g/mol. The van der Waals surface area contributed by atoms with Crippen molar-refractivity contribution in [3.63, 3.8) is 0 Å². The summed E-state index contributed by atoms with van der Waals surface area (Å²) >= 11 is 5.74. The van der Waals surface area contributed by atoms with Gasteiger partial charge in [-0.3, -0.25) is 4.79 Å². The standard InChI is InChI=1S/C17H24ClFN2O2.ClH/c1-2-7-23-16-9-12(4-6-15(16)20)17(22)21-10-11-3-5-14(19)13(18)8-11;/h3,5,8,12,15-16H,2,4,6-7,9-10,20H2,1H3,(H,21,22);1H/t12-,15+,16+;/m0./s1. The van der Waals surface area contributed by atoms with Gasteiger partial charge >= 0.3 is 0 Å². The minimum atomic E-state index is -0.459. The van der Waals surface area contributed by atoms with Crippen LogP contribution in [0.2, 0.25) is 5.02 Å². The first-order chi connectivity index (χ1) is 11.0. The Balaban J connectivity index is 0.00000288. The first-order valence-corrected chi connectivity index (χ1v) is 8.48. The maximum atomic E-state index is 13.1. The molecule has 3 N–H and O–H groups in total. The predicted octanol–water partition coefficient (Wildman–Crippen LogP) is 3.44. The van der Waals surface area contributed by atoms with Gasteiger partial charge in [-0.1, -0.05) is 24.6 Å². The number of benzene rings is 1. The van der Waals surface area contributed by atoms with Crippen molar-refractivity contribution in [3.8, 4) is 0 Å². The van der Waals surface area contributed by atoms with E-state index in [1.54, 1.807) is 6.07 Å². The van der Waals surface area contributed by atoms with Crippen LogP contribution in [0.3, 0.4) is 0 Å². The van der Waals surface area contributed by atoms with E-state index in [4.69, 9.17) is 22.1 Å². The molecule has 1 aliphatic carbocycles. The van der Waals surface area contributed by atoms with Gasteiger partial charge in [-0.15, -0.1) is 12.4 Å². The van der Waals surface area contributed by atoms with Crippen LogP contribution >= 0.6 is 24.0 Å². The summed E-state index contributed by atoms with van der Waals surface area (Å²) in [6, 6.07) is 4.45. The Morgan fingerprint density at radius 3 is 2.88 bits per heavy atom. The van der Waals surface area contributed by atoms with E-state index in [9.17, 15) is 9.18 Å². The summed E-state index contributed by atoms with van der Waals surface area (Å²) in [6.07, 6.45) is 3.08. The number of carbonyl (C=O) groups is 1. The maximum absolute atomic E-state index is 13.1. The molecule has 0 bridgehead atoms. The van der Waals surface area contributed by atoms with E-state index in [2.05, 4.69) is 5.32 Å². The Hall–Kier alpha value is -0.880. The third-order valence-electron chi connectivity index (χ3n) is 4.20. The van der Waals surface area contributed by atoms with Crippen molar-refractivity contribution in [3.05, 3.63) is 34.6 Å². The number of hydrogen-bond acceptors (Lipinski definition) is 3. The Bertz CT molecular complexity index is 545. The topological polar surface area (TPSA) is 64.3 Å². The zero-order valence-corrected chi connectivity index (χ0v) is 15.3. The molecule has 0 radical (unpaired) electrons. The Morgan fingerprint density at radius 2 is 2.21 bits per heavy atom. The van der Waals surface area contributed by atoms with Crippen LogP contribution in [0, 0.1) is 11.7 Å². The summed E-state index contributed by atoms with van der Waals surface area (Å²) in [7, 11) is 0. The van der Waals surface area contributed by atoms with Crippen LogP contribution in [0.4, 0.5) is 4.39 Å². The summed E-state index contributed by atoms with van der Waals surface area (Å²) in [5, 5.41) is 2.95. The van der Waals surface area contributed by atoms with Gasteiger partial charge in [0.2, 0.25) is 5.91 Å². The van der Waals surface area contributed by atoms with Crippen molar-refractivity contribution in [2.45, 2.75) is 51.3 Å². The molecule has 1 fully saturated rings. The van der Waals surface area contributed by atoms with Gasteiger partial charge in [0.1, 0.15) is 5.82 Å². The van der Waals surface area contributed by atoms with Gasteiger partial charge in [0.05, 0.1) is 11.1 Å². The lowest BCUT2D eigenvalue weighted by atomic mass is 9.83. The average molecular weight is 379 g/mol. The zero-order valence-electron chi connectivity index (χ0n) is 13.8. The fraction of sp³-hybridized carbons (Fsp3) is 0.588. The smallest absolute Gasteiger partial charge is 0.223 e. The minimum absolute atomic E-state index is 0. The second-order valence-electron chi connectivity index (χ2n) is 6.05. The molecule has 0 aliphatic heterocycles. The molecule has 7 heteroatoms. The molecule has 1 saturated carbocycles. The number of carbonyl (C=O) groups excluding carboxylic acids is 1. The number of nitrogens with one attached hydrogen (secondary N) is 1. The molecule has 0 saturated heterocycles. The molecule has 2 rings (SSSR count). The van der Waals surface area contributed by atoms with Crippen molar-refractivity contribution < 1.29 is 13.9 Å². The number of nitrogens with two attached hydrogens (primary N) is 1. The Labute approximate surface area is 153 Å². The Morgan fingerprint density at radius 1 is 1.46 bits per heavy atom. The molecule has 4 nitrogen and oxygen atoms in total. The molecule has 24 heavy (non-hydrogen) atoms. The van der Waals surface area contributed by atoms with Crippen molar-refractivity contribution in [2.75, 3.05) is 6.61 Å². The van der Waals surface area contributed by atoms with Gasteiger partial charge in [0, 0.05) is 25.1 Å². The molecule has 136 valence electrons. The van der Waals surface area contributed by atoms with E-state index in [1.165, 1.54) is 12.1 Å². The summed E-state index contributed by atoms with van der Waals surface area (Å²) < 4.78 is 18.9. The SMILES string of the molecule is CCCO[C@@H]1C[C@@H](C(=O)NCc2ccc(F)c(Cl)c2)CC[C@H]1N.Cl. The average Bonchev–Trinajstić information content (AvgIpc) is 2.55. The van der Waals surface area contributed by atoms with Crippen molar-refractivity contribution in [1.82, 2.24) is 5.32 Å². The first kappa shape index (κ1) is 21.2. The molecule has 1 aromatic rings. The molecule has 1 amide bonds. The lowest BCUT2D eigenvalue weighted by Gasteiger charge is -2.33. The van der Waals surface area contributed by atoms with Crippen molar-refractivity contribution in [2.24, 2.45) is 11.7 Å². The van der Waals surface area contributed by atoms with Crippen LogP contribution < -0.4 is 11.1 Å². The largest absolute Gasteiger partial charge is 0.377 e. The highest BCUT2D eigenvalue weighted by molar-refractivity contribution is 6.30. The second kappa shape index (κ2) is 10.2. The lowest BCUT2D eigenvalue weighted by molar-refractivity contribution is -0.128. The highest BCUT2D eigenvalue weighted by Gasteiger charge is 2.32. The van der Waals surface area contributed by atoms with E-state index in [1.807, 2.05) is 6.92 Å². The number of halogens is 3. The lowest BCUT2D eigenvalue weighted by Crippen LogP contribution is -2.45. The van der Waals surface area contributed by atoms with Crippen LogP contribution in [0.25, 0.3) is 0 Å². The fourth-order valence-corrected chi connectivity index (χ4v) is 3.04. The van der Waals surface area contributed by atoms with Crippen LogP contribution in [-0.4, -0.2) is 24.7 Å². The molecule has 0 unspecified atom stereocenters. The number of amides is 1. The predicted molar refractivity (Wildman–Crippen MR) is 95.9 cm³/mol. The van der Waals surface area contributed by atoms with E-state index in [-0.39, 0.29) is 41.4 Å². The molecule has 3 atom stereocenters. The molecule has 0 aromatic heterocycles. The van der Waals surface area contributed by atoms with E-state index in [0.717, 1.165) is 24.8 Å². The number of ether oxygens (including phenoxy) is 1. The van der Waals surface area contributed by atoms with Crippen LogP contribution in [0.15, 0.2) is 18.2 Å². The maximum Gasteiger partial charge on any atom is 0.223 e. The number of rotatable bonds is 6. The van der Waals surface area contributed by atoms with Gasteiger partial charge < -0.3 is 15.8 Å². The van der Waals surface area contributed by atoms with Crippen LogP contribution in [-0.2, 0) is 16.1 Å². The molecule has 0 spiro atoms. The van der Waals surface area contributed by atoms with E-state index in [0.29, 0.717) is 19.6 Å². The van der Waals surface area contributed by atoms with Crippen LogP contribution in [0.1, 0.15) is 38.2 Å². The minimum Gasteiger partial charge on any atom is -0.377 e. The molecular formula is C17H25Cl2FN2O2. The molecule has 0 heterocycles. The summed E-state index contributed by atoms with van der Waals surface area (Å²) in [4.78, 5) is 12.3. The van der Waals surface area contributed by atoms with Crippen molar-refractivity contribution in [1.29, 1.82) is 0 Å². The van der Waals surface area contributed by atoms with E-state index >= 15 is 0 Å². The summed E-state index contributed by atoms with van der Waals surface area (Å²) in [6.45, 7) is 3.05. The quantitative estimate of drug-likeness (QED) is 0.796. The highest BCUT2D eigenvalue weighted by Crippen LogP contribution is 2.26. The second-order valence-corrected chi connectivity index (χ2v) is 6.46. The van der Waals surface area contributed by atoms with Gasteiger partial charge in [-0.05, 0) is 43.4 Å². The third kappa shape index (κ3) is 5.88. The van der Waals surface area contributed by atoms with Crippen LogP contribution in [0.5, 0.6) is 0 Å². The number of hydrogen-bond donors (Lipinski definition) is 2. The fourth-order valence-electron chi connectivity index (χ4n) is 2.83. The molecule has 1 aromatic carbocycles.